The zero-order valence-electron chi connectivity index (χ0n) is 18.3. The van der Waals surface area contributed by atoms with E-state index in [1.54, 1.807) is 16.5 Å². The number of aromatic nitrogens is 1. The first-order chi connectivity index (χ1) is 14.7. The molecule has 2 N–H and O–H groups in total. The molecule has 2 aromatic rings. The lowest BCUT2D eigenvalue weighted by Gasteiger charge is -2.32. The summed E-state index contributed by atoms with van der Waals surface area (Å²) in [4.78, 5) is 43.2. The summed E-state index contributed by atoms with van der Waals surface area (Å²) >= 11 is 1.37. The van der Waals surface area contributed by atoms with E-state index in [0.29, 0.717) is 23.8 Å². The number of likely N-dealkylation sites (tertiary alicyclic amines) is 1. The van der Waals surface area contributed by atoms with E-state index in [4.69, 9.17) is 0 Å². The normalized spacial score (nSPS) is 16.6. The molecule has 0 saturated carbocycles. The first-order valence-electron chi connectivity index (χ1n) is 10.6. The van der Waals surface area contributed by atoms with Crippen molar-refractivity contribution in [2.45, 2.75) is 45.4 Å². The molecule has 0 bridgehead atoms. The fourth-order valence-corrected chi connectivity index (χ4v) is 4.11. The van der Waals surface area contributed by atoms with E-state index in [9.17, 15) is 14.4 Å². The fraction of sp³-hybridized carbons (Fsp3) is 0.478. The quantitative estimate of drug-likeness (QED) is 0.717. The van der Waals surface area contributed by atoms with Crippen LogP contribution in [-0.4, -0.2) is 47.2 Å². The Hall–Kier alpha value is -2.74. The topological polar surface area (TPSA) is 91.4 Å². The van der Waals surface area contributed by atoms with E-state index in [2.05, 4.69) is 36.4 Å². The van der Waals surface area contributed by atoms with Gasteiger partial charge < -0.3 is 15.5 Å². The van der Waals surface area contributed by atoms with Gasteiger partial charge >= 0.3 is 0 Å². The summed E-state index contributed by atoms with van der Waals surface area (Å²) in [6.07, 6.45) is 3.40. The van der Waals surface area contributed by atoms with Crippen molar-refractivity contribution >= 4 is 34.2 Å². The molecule has 3 rings (SSSR count). The maximum absolute atomic E-state index is 12.6. The number of rotatable bonds is 6. The summed E-state index contributed by atoms with van der Waals surface area (Å²) in [7, 11) is 0. The monoisotopic (exact) mass is 442 g/mol. The highest BCUT2D eigenvalue weighted by atomic mass is 32.1. The van der Waals surface area contributed by atoms with Crippen LogP contribution in [0.4, 0.5) is 5.13 Å². The third-order valence-corrected chi connectivity index (χ3v) is 6.13. The van der Waals surface area contributed by atoms with Gasteiger partial charge in [-0.2, -0.15) is 0 Å². The minimum Gasteiger partial charge on any atom is -0.352 e. The van der Waals surface area contributed by atoms with Gasteiger partial charge in [0, 0.05) is 43.2 Å². The number of nitrogens with one attached hydrogen (secondary N) is 2. The van der Waals surface area contributed by atoms with Crippen LogP contribution in [0.3, 0.4) is 0 Å². The van der Waals surface area contributed by atoms with E-state index in [-0.39, 0.29) is 42.0 Å². The number of hydrogen-bond acceptors (Lipinski definition) is 5. The Labute approximate surface area is 187 Å². The molecule has 1 aromatic heterocycles. The van der Waals surface area contributed by atoms with Crippen molar-refractivity contribution in [3.8, 4) is 0 Å². The number of anilines is 1. The van der Waals surface area contributed by atoms with Gasteiger partial charge in [-0.1, -0.05) is 32.9 Å². The zero-order chi connectivity index (χ0) is 22.4. The molecule has 0 radical (unpaired) electrons. The summed E-state index contributed by atoms with van der Waals surface area (Å²) in [5, 5.41) is 8.01. The summed E-state index contributed by atoms with van der Waals surface area (Å²) in [6, 6.07) is 7.55. The van der Waals surface area contributed by atoms with Crippen LogP contribution in [-0.2, 0) is 15.0 Å². The van der Waals surface area contributed by atoms with Crippen LogP contribution in [0.2, 0.25) is 0 Å². The van der Waals surface area contributed by atoms with Crippen molar-refractivity contribution in [1.29, 1.82) is 0 Å². The molecule has 0 aliphatic carbocycles. The largest absolute Gasteiger partial charge is 0.352 e. The summed E-state index contributed by atoms with van der Waals surface area (Å²) in [6.45, 7) is 7.69. The van der Waals surface area contributed by atoms with Gasteiger partial charge in [0.1, 0.15) is 0 Å². The molecule has 1 aliphatic heterocycles. The van der Waals surface area contributed by atoms with Crippen LogP contribution in [0.5, 0.6) is 0 Å². The molecule has 8 heteroatoms. The predicted octanol–water partition coefficient (Wildman–Crippen LogP) is 3.44. The van der Waals surface area contributed by atoms with Crippen LogP contribution in [0.15, 0.2) is 35.8 Å². The molecule has 0 spiro atoms. The van der Waals surface area contributed by atoms with Crippen molar-refractivity contribution in [3.05, 3.63) is 47.0 Å². The molecule has 1 atom stereocenters. The van der Waals surface area contributed by atoms with E-state index in [1.165, 1.54) is 11.3 Å². The highest BCUT2D eigenvalue weighted by Gasteiger charge is 2.28. The lowest BCUT2D eigenvalue weighted by Crippen LogP contribution is -2.44. The van der Waals surface area contributed by atoms with E-state index < -0.39 is 0 Å². The molecule has 1 unspecified atom stereocenters. The third-order valence-electron chi connectivity index (χ3n) is 5.44. The first-order valence-corrected chi connectivity index (χ1v) is 11.5. The van der Waals surface area contributed by atoms with Crippen LogP contribution in [0.1, 0.15) is 56.0 Å². The van der Waals surface area contributed by atoms with Gasteiger partial charge in [-0.05, 0) is 36.0 Å². The standard InChI is InChI=1S/C23H30N4O3S/c1-23(2,3)18-8-6-16(7-9-18)20(29)24-11-10-19(28)27-13-4-5-17(15-27)21(30)26-22-25-12-14-31-22/h6-9,12,14,17H,4-5,10-11,13,15H2,1-3H3,(H,24,29)(H,25,26,30). The number of benzene rings is 1. The van der Waals surface area contributed by atoms with Crippen LogP contribution in [0, 0.1) is 5.92 Å². The number of piperidine rings is 1. The smallest absolute Gasteiger partial charge is 0.251 e. The summed E-state index contributed by atoms with van der Waals surface area (Å²) in [5.41, 5.74) is 1.78. The Balaban J connectivity index is 1.44. The Morgan fingerprint density at radius 2 is 1.94 bits per heavy atom. The number of carbonyl (C=O) groups excluding carboxylic acids is 3. The van der Waals surface area contributed by atoms with Crippen molar-refractivity contribution in [1.82, 2.24) is 15.2 Å². The number of nitrogens with zero attached hydrogens (tertiary/aromatic N) is 2. The molecule has 1 saturated heterocycles. The van der Waals surface area contributed by atoms with Crippen LogP contribution >= 0.6 is 11.3 Å². The lowest BCUT2D eigenvalue weighted by atomic mass is 9.87. The average molecular weight is 443 g/mol. The molecule has 2 heterocycles. The van der Waals surface area contributed by atoms with Crippen molar-refractivity contribution < 1.29 is 14.4 Å². The Morgan fingerprint density at radius 3 is 2.58 bits per heavy atom. The highest BCUT2D eigenvalue weighted by Crippen LogP contribution is 2.22. The van der Waals surface area contributed by atoms with Crippen LogP contribution in [0.25, 0.3) is 0 Å². The first kappa shape index (κ1) is 22.9. The van der Waals surface area contributed by atoms with Gasteiger partial charge in [-0.15, -0.1) is 11.3 Å². The minimum absolute atomic E-state index is 0.0327. The van der Waals surface area contributed by atoms with E-state index in [0.717, 1.165) is 18.4 Å². The maximum atomic E-state index is 12.6. The highest BCUT2D eigenvalue weighted by molar-refractivity contribution is 7.13. The fourth-order valence-electron chi connectivity index (χ4n) is 3.58. The molecule has 1 aliphatic rings. The van der Waals surface area contributed by atoms with Gasteiger partial charge in [-0.3, -0.25) is 14.4 Å². The molecule has 1 aromatic carbocycles. The van der Waals surface area contributed by atoms with Gasteiger partial charge in [0.15, 0.2) is 5.13 Å². The van der Waals surface area contributed by atoms with Crippen molar-refractivity contribution in [3.63, 3.8) is 0 Å². The van der Waals surface area contributed by atoms with Crippen LogP contribution < -0.4 is 10.6 Å². The van der Waals surface area contributed by atoms with Gasteiger partial charge in [0.05, 0.1) is 5.92 Å². The lowest BCUT2D eigenvalue weighted by molar-refractivity contribution is -0.134. The molecule has 166 valence electrons. The average Bonchev–Trinajstić information content (AvgIpc) is 3.26. The molecular weight excluding hydrogens is 412 g/mol. The second-order valence-corrected chi connectivity index (χ2v) is 9.73. The number of thiazole rings is 1. The zero-order valence-corrected chi connectivity index (χ0v) is 19.1. The second-order valence-electron chi connectivity index (χ2n) is 8.84. The Kier molecular flexibility index (Phi) is 7.43. The van der Waals surface area contributed by atoms with E-state index in [1.807, 2.05) is 24.3 Å². The molecule has 3 amide bonds. The Bertz CT molecular complexity index is 904. The number of carbonyl (C=O) groups is 3. The third kappa shape index (κ3) is 6.37. The predicted molar refractivity (Wildman–Crippen MR) is 122 cm³/mol. The maximum Gasteiger partial charge on any atom is 0.251 e. The molecule has 1 fully saturated rings. The molecule has 31 heavy (non-hydrogen) atoms. The second kappa shape index (κ2) is 10.0. The Morgan fingerprint density at radius 1 is 1.19 bits per heavy atom. The minimum atomic E-state index is -0.238. The van der Waals surface area contributed by atoms with Crippen molar-refractivity contribution in [2.24, 2.45) is 5.92 Å². The van der Waals surface area contributed by atoms with Gasteiger partial charge in [0.25, 0.3) is 5.91 Å². The van der Waals surface area contributed by atoms with Crippen molar-refractivity contribution in [2.75, 3.05) is 25.0 Å². The summed E-state index contributed by atoms with van der Waals surface area (Å²) in [5.74, 6) is -0.570. The van der Waals surface area contributed by atoms with E-state index >= 15 is 0 Å². The summed E-state index contributed by atoms with van der Waals surface area (Å²) < 4.78 is 0. The molecular formula is C23H30N4O3S. The SMILES string of the molecule is CC(C)(C)c1ccc(C(=O)NCCC(=O)N2CCCC(C(=O)Nc3nccs3)C2)cc1. The molecule has 7 nitrogen and oxygen atoms in total. The van der Waals surface area contributed by atoms with Gasteiger partial charge in [-0.25, -0.2) is 4.98 Å². The van der Waals surface area contributed by atoms with Gasteiger partial charge in [0.2, 0.25) is 11.8 Å². The number of amides is 3. The number of hydrogen-bond donors (Lipinski definition) is 2.